The molecule has 9 heteroatoms. The van der Waals surface area contributed by atoms with Crippen molar-refractivity contribution in [3.05, 3.63) is 48.0 Å². The zero-order chi connectivity index (χ0) is 21.6. The number of carbonyl (C=O) groups is 3. The van der Waals surface area contributed by atoms with Gasteiger partial charge in [0, 0.05) is 11.5 Å². The molecule has 1 aliphatic carbocycles. The molecule has 2 radical (unpaired) electrons. The highest BCUT2D eigenvalue weighted by atomic mass is 19.1. The van der Waals surface area contributed by atoms with Crippen LogP contribution in [0.3, 0.4) is 0 Å². The molecule has 0 aliphatic heterocycles. The number of benzene rings is 1. The zero-order valence-corrected chi connectivity index (χ0v) is 16.6. The number of anilines is 1. The highest BCUT2D eigenvalue weighted by Gasteiger charge is 2.43. The maximum Gasteiger partial charge on any atom is 0.260 e. The van der Waals surface area contributed by atoms with Crippen LogP contribution in [0.25, 0.3) is 0 Å². The molecule has 1 saturated carbocycles. The van der Waals surface area contributed by atoms with Crippen LogP contribution in [-0.4, -0.2) is 47.0 Å². The van der Waals surface area contributed by atoms with Crippen molar-refractivity contribution >= 4 is 37.0 Å². The fourth-order valence-corrected chi connectivity index (χ4v) is 2.58. The Morgan fingerprint density at radius 1 is 1.17 bits per heavy atom. The van der Waals surface area contributed by atoms with Gasteiger partial charge in [-0.25, -0.2) is 14.4 Å². The monoisotopic (exact) mass is 396 g/mol. The third-order valence-electron chi connectivity index (χ3n) is 4.27. The van der Waals surface area contributed by atoms with Crippen molar-refractivity contribution in [1.82, 2.24) is 14.9 Å². The van der Waals surface area contributed by atoms with E-state index in [1.165, 1.54) is 12.1 Å². The normalized spacial score (nSPS) is 16.8. The minimum Gasteiger partial charge on any atom is -0.293 e. The number of hydrogen-bond donors (Lipinski definition) is 1. The fraction of sp³-hybridized carbons (Fsp3) is 0.350. The summed E-state index contributed by atoms with van der Waals surface area (Å²) in [6, 6.07) is 6.08. The maximum absolute atomic E-state index is 12.9. The number of rotatable bonds is 5. The molecule has 1 aromatic heterocycles. The van der Waals surface area contributed by atoms with Crippen molar-refractivity contribution in [3.63, 3.8) is 0 Å². The molecule has 1 aromatic carbocycles. The third kappa shape index (κ3) is 5.94. The van der Waals surface area contributed by atoms with Crippen LogP contribution in [0.15, 0.2) is 36.7 Å². The Morgan fingerprint density at radius 2 is 1.72 bits per heavy atom. The number of nitrogens with one attached hydrogen (secondary N) is 1. The lowest BCUT2D eigenvalue weighted by atomic mass is 9.95. The Kier molecular flexibility index (Phi) is 7.58. The maximum atomic E-state index is 12.9. The van der Waals surface area contributed by atoms with E-state index in [0.29, 0.717) is 11.9 Å². The van der Waals surface area contributed by atoms with Gasteiger partial charge in [0.25, 0.3) is 5.91 Å². The van der Waals surface area contributed by atoms with Crippen molar-refractivity contribution in [2.24, 2.45) is 11.8 Å². The molecule has 0 bridgehead atoms. The SMILES string of the molecule is CC.[B]c1ccc(C(=O)N(CC(=O)Nc2ncc(F)cn2)C(=O)[C@@H]2C[C@@H]2C)cc1. The molecule has 2 atom stereocenters. The van der Waals surface area contributed by atoms with Gasteiger partial charge >= 0.3 is 0 Å². The van der Waals surface area contributed by atoms with Gasteiger partial charge in [-0.1, -0.05) is 50.5 Å². The zero-order valence-electron chi connectivity index (χ0n) is 16.6. The molecule has 3 amide bonds. The summed E-state index contributed by atoms with van der Waals surface area (Å²) >= 11 is 0. The molecule has 0 unspecified atom stereocenters. The van der Waals surface area contributed by atoms with Gasteiger partial charge in [0.05, 0.1) is 12.4 Å². The molecule has 7 nitrogen and oxygen atoms in total. The molecule has 0 saturated heterocycles. The largest absolute Gasteiger partial charge is 0.293 e. The Labute approximate surface area is 170 Å². The number of aromatic nitrogens is 2. The standard InChI is InChI=1S/C18H16BFN4O3.C2H6/c1-10-6-14(10)17(27)24(16(26)11-2-4-12(19)5-3-11)9-15(25)23-18-21-7-13(20)8-22-18;1-2/h2-5,7-8,10,14H,6,9H2,1H3,(H,21,22,23,25);1-2H3/t10-,14+;/m0./s1. The number of amides is 3. The minimum absolute atomic E-state index is 0.117. The van der Waals surface area contributed by atoms with Crippen molar-refractivity contribution in [2.45, 2.75) is 27.2 Å². The van der Waals surface area contributed by atoms with E-state index in [9.17, 15) is 18.8 Å². The van der Waals surface area contributed by atoms with Crippen molar-refractivity contribution in [2.75, 3.05) is 11.9 Å². The topological polar surface area (TPSA) is 92.3 Å². The van der Waals surface area contributed by atoms with Gasteiger partial charge in [-0.15, -0.1) is 0 Å². The Bertz CT molecular complexity index is 874. The van der Waals surface area contributed by atoms with Crippen LogP contribution in [0.1, 0.15) is 37.6 Å². The van der Waals surface area contributed by atoms with E-state index in [1.54, 1.807) is 12.1 Å². The molecule has 150 valence electrons. The van der Waals surface area contributed by atoms with E-state index in [1.807, 2.05) is 20.8 Å². The highest BCUT2D eigenvalue weighted by molar-refractivity contribution is 6.32. The van der Waals surface area contributed by atoms with E-state index < -0.39 is 30.1 Å². The van der Waals surface area contributed by atoms with Crippen molar-refractivity contribution in [3.8, 4) is 0 Å². The quantitative estimate of drug-likeness (QED) is 0.614. The van der Waals surface area contributed by atoms with Crippen LogP contribution in [-0.2, 0) is 9.59 Å². The lowest BCUT2D eigenvalue weighted by molar-refractivity contribution is -0.133. The van der Waals surface area contributed by atoms with Crippen molar-refractivity contribution < 1.29 is 18.8 Å². The van der Waals surface area contributed by atoms with Gasteiger partial charge in [0.15, 0.2) is 5.82 Å². The molecule has 1 aliphatic rings. The molecule has 2 aromatic rings. The van der Waals surface area contributed by atoms with Gasteiger partial charge in [0.1, 0.15) is 14.4 Å². The average molecular weight is 396 g/mol. The number of imide groups is 1. The summed E-state index contributed by atoms with van der Waals surface area (Å²) < 4.78 is 12.9. The fourth-order valence-electron chi connectivity index (χ4n) is 2.58. The first-order chi connectivity index (χ1) is 13.8. The van der Waals surface area contributed by atoms with Gasteiger partial charge in [-0.2, -0.15) is 0 Å². The van der Waals surface area contributed by atoms with Crippen LogP contribution in [0.2, 0.25) is 0 Å². The van der Waals surface area contributed by atoms with Gasteiger partial charge < -0.3 is 0 Å². The molecular weight excluding hydrogens is 374 g/mol. The summed E-state index contributed by atoms with van der Waals surface area (Å²) in [4.78, 5) is 45.9. The van der Waals surface area contributed by atoms with E-state index >= 15 is 0 Å². The summed E-state index contributed by atoms with van der Waals surface area (Å²) in [6.45, 7) is 5.41. The Morgan fingerprint density at radius 3 is 2.24 bits per heavy atom. The molecule has 3 rings (SSSR count). The third-order valence-corrected chi connectivity index (χ3v) is 4.27. The number of carbonyl (C=O) groups excluding carboxylic acids is 3. The molecule has 1 N–H and O–H groups in total. The van der Waals surface area contributed by atoms with Crippen LogP contribution in [0, 0.1) is 17.7 Å². The lowest BCUT2D eigenvalue weighted by Crippen LogP contribution is -2.43. The second-order valence-electron chi connectivity index (χ2n) is 6.44. The second-order valence-corrected chi connectivity index (χ2v) is 6.44. The average Bonchev–Trinajstić information content (AvgIpc) is 3.45. The highest BCUT2D eigenvalue weighted by Crippen LogP contribution is 2.39. The summed E-state index contributed by atoms with van der Waals surface area (Å²) in [5.74, 6) is -2.53. The van der Waals surface area contributed by atoms with Gasteiger partial charge in [-0.05, 0) is 12.3 Å². The summed E-state index contributed by atoms with van der Waals surface area (Å²) in [5.41, 5.74) is 0.725. The van der Waals surface area contributed by atoms with E-state index in [2.05, 4.69) is 15.3 Å². The first kappa shape index (κ1) is 22.2. The van der Waals surface area contributed by atoms with E-state index in [4.69, 9.17) is 7.85 Å². The predicted octanol–water partition coefficient (Wildman–Crippen LogP) is 1.70. The van der Waals surface area contributed by atoms with E-state index in [0.717, 1.165) is 17.3 Å². The molecule has 1 heterocycles. The summed E-state index contributed by atoms with van der Waals surface area (Å²) in [7, 11) is 5.62. The number of hydrogen-bond acceptors (Lipinski definition) is 5. The molecule has 0 spiro atoms. The molecule has 1 fully saturated rings. The Hall–Kier alpha value is -3.10. The molecule has 29 heavy (non-hydrogen) atoms. The first-order valence-corrected chi connectivity index (χ1v) is 9.34. The van der Waals surface area contributed by atoms with Crippen LogP contribution in [0.4, 0.5) is 10.3 Å². The van der Waals surface area contributed by atoms with Crippen LogP contribution in [0.5, 0.6) is 0 Å². The summed E-state index contributed by atoms with van der Waals surface area (Å²) in [5, 5.41) is 2.35. The number of halogens is 1. The smallest absolute Gasteiger partial charge is 0.260 e. The Balaban J connectivity index is 0.00000145. The predicted molar refractivity (Wildman–Crippen MR) is 107 cm³/mol. The van der Waals surface area contributed by atoms with Crippen LogP contribution >= 0.6 is 0 Å². The van der Waals surface area contributed by atoms with Crippen LogP contribution < -0.4 is 10.8 Å². The number of nitrogens with zero attached hydrogens (tertiary/aromatic N) is 3. The summed E-state index contributed by atoms with van der Waals surface area (Å²) in [6.07, 6.45) is 2.47. The van der Waals surface area contributed by atoms with Gasteiger partial charge in [-0.3, -0.25) is 24.6 Å². The van der Waals surface area contributed by atoms with E-state index in [-0.39, 0.29) is 23.3 Å². The molecular formula is C20H22BFN4O3. The van der Waals surface area contributed by atoms with Gasteiger partial charge in [0.2, 0.25) is 17.8 Å². The van der Waals surface area contributed by atoms with Crippen molar-refractivity contribution in [1.29, 1.82) is 0 Å². The first-order valence-electron chi connectivity index (χ1n) is 9.34. The minimum atomic E-state index is -0.660. The second kappa shape index (κ2) is 9.91. The lowest BCUT2D eigenvalue weighted by Gasteiger charge is -2.20.